The van der Waals surface area contributed by atoms with Crippen LogP contribution in [0.2, 0.25) is 0 Å². The summed E-state index contributed by atoms with van der Waals surface area (Å²) in [6.07, 6.45) is 8.78. The van der Waals surface area contributed by atoms with Crippen molar-refractivity contribution in [3.05, 3.63) is 94.7 Å². The van der Waals surface area contributed by atoms with Crippen molar-refractivity contribution in [1.82, 2.24) is 14.7 Å². The zero-order valence-electron chi connectivity index (χ0n) is 27.6. The molecule has 1 aromatic heterocycles. The summed E-state index contributed by atoms with van der Waals surface area (Å²) in [5, 5.41) is 8.38. The summed E-state index contributed by atoms with van der Waals surface area (Å²) < 4.78 is 12.5. The third kappa shape index (κ3) is 6.13. The van der Waals surface area contributed by atoms with Crippen LogP contribution in [0.25, 0.3) is 16.8 Å². The molecule has 0 spiro atoms. The fourth-order valence-electron chi connectivity index (χ4n) is 7.55. The highest BCUT2D eigenvalue weighted by Crippen LogP contribution is 2.42. The maximum Gasteiger partial charge on any atom is 0.345 e. The molecule has 7 rings (SSSR count). The van der Waals surface area contributed by atoms with Crippen LogP contribution in [0.4, 0.5) is 5.69 Å². The highest BCUT2D eigenvalue weighted by molar-refractivity contribution is 5.92. The lowest BCUT2D eigenvalue weighted by Crippen LogP contribution is -2.38. The number of nitrogens with zero attached hydrogens (tertiary/aromatic N) is 3. The topological polar surface area (TPSA) is 85.7 Å². The van der Waals surface area contributed by atoms with Crippen molar-refractivity contribution in [2.24, 2.45) is 5.92 Å². The van der Waals surface area contributed by atoms with Gasteiger partial charge in [0.25, 0.3) is 0 Å². The van der Waals surface area contributed by atoms with Crippen molar-refractivity contribution in [2.75, 3.05) is 32.1 Å². The molecule has 2 aliphatic carbocycles. The Hall–Kier alpha value is -4.59. The number of carbonyl (C=O) groups is 2. The number of esters is 1. The van der Waals surface area contributed by atoms with Gasteiger partial charge in [-0.05, 0) is 115 Å². The van der Waals surface area contributed by atoms with E-state index in [1.807, 2.05) is 12.1 Å². The third-order valence-electron chi connectivity index (χ3n) is 10.1. The van der Waals surface area contributed by atoms with Gasteiger partial charge < -0.3 is 19.7 Å². The van der Waals surface area contributed by atoms with Crippen LogP contribution in [-0.2, 0) is 22.4 Å². The molecule has 8 heteroatoms. The number of likely N-dealkylation sites (tertiary alicyclic amines) is 1. The van der Waals surface area contributed by atoms with Gasteiger partial charge in [0.1, 0.15) is 5.56 Å². The van der Waals surface area contributed by atoms with Crippen LogP contribution in [0.5, 0.6) is 5.88 Å². The molecule has 1 saturated heterocycles. The van der Waals surface area contributed by atoms with Gasteiger partial charge in [-0.15, -0.1) is 0 Å². The quantitative estimate of drug-likeness (QED) is 0.182. The number of aryl methyl sites for hydroxylation is 2. The summed E-state index contributed by atoms with van der Waals surface area (Å²) in [6.45, 7) is 6.07. The predicted octanol–water partition coefficient (Wildman–Crippen LogP) is 7.50. The second-order valence-electron chi connectivity index (χ2n) is 13.0. The Balaban J connectivity index is 1.12. The number of methoxy groups -OCH3 is 1. The van der Waals surface area contributed by atoms with E-state index in [1.165, 1.54) is 41.1 Å². The summed E-state index contributed by atoms with van der Waals surface area (Å²) in [5.41, 5.74) is 10.1. The number of rotatable bonds is 10. The molecule has 1 N–H and O–H groups in total. The van der Waals surface area contributed by atoms with Gasteiger partial charge >= 0.3 is 5.97 Å². The zero-order valence-corrected chi connectivity index (χ0v) is 27.6. The van der Waals surface area contributed by atoms with Gasteiger partial charge in [0.05, 0.1) is 31.6 Å². The molecular formula is C39H44N4O4. The number of hydrogen-bond acceptors (Lipinski definition) is 6. The van der Waals surface area contributed by atoms with Gasteiger partial charge in [0.15, 0.2) is 0 Å². The number of hydrogen-bond donors (Lipinski definition) is 1. The molecule has 0 radical (unpaired) electrons. The molecule has 4 aromatic rings. The van der Waals surface area contributed by atoms with E-state index in [2.05, 4.69) is 70.8 Å². The Bertz CT molecular complexity index is 1780. The highest BCUT2D eigenvalue weighted by atomic mass is 16.5. The Labute approximate surface area is 277 Å². The molecule has 2 fully saturated rings. The first-order valence-electron chi connectivity index (χ1n) is 17.2. The number of fused-ring (bicyclic) bond motifs is 1. The Morgan fingerprint density at radius 3 is 2.51 bits per heavy atom. The summed E-state index contributed by atoms with van der Waals surface area (Å²) in [7, 11) is 1.54. The van der Waals surface area contributed by atoms with Crippen molar-refractivity contribution in [3.63, 3.8) is 0 Å². The minimum atomic E-state index is -0.452. The van der Waals surface area contributed by atoms with E-state index in [4.69, 9.17) is 9.47 Å². The normalized spacial score (nSPS) is 17.8. The smallest absolute Gasteiger partial charge is 0.345 e. The van der Waals surface area contributed by atoms with Crippen molar-refractivity contribution in [3.8, 4) is 22.7 Å². The lowest BCUT2D eigenvalue weighted by atomic mass is 9.85. The molecule has 0 bridgehead atoms. The lowest BCUT2D eigenvalue weighted by molar-refractivity contribution is -0.133. The molecular weight excluding hydrogens is 588 g/mol. The summed E-state index contributed by atoms with van der Waals surface area (Å²) in [5.74, 6) is 1.10. The molecule has 8 nitrogen and oxygen atoms in total. The number of aromatic nitrogens is 2. The number of ether oxygens (including phenoxy) is 2. The standard InChI is InChI=1S/C39H44N4O4/c1-4-25-22-30(15-16-32(25)26-18-20-42(21-19-26)37(44)28-12-13-28)41-35-17-14-27-8-7-11-33(36(27)35)29-9-6-10-31(23-29)43-38(46-3)34(24-40-43)39(45)47-5-2/h6-11,15-16,22-24,26,28,35,41H,4-5,12-14,17-21H2,1-3H3. The average molecular weight is 633 g/mol. The molecule has 3 aromatic carbocycles. The monoisotopic (exact) mass is 632 g/mol. The van der Waals surface area contributed by atoms with Crippen LogP contribution >= 0.6 is 0 Å². The van der Waals surface area contributed by atoms with E-state index in [0.29, 0.717) is 29.2 Å². The van der Waals surface area contributed by atoms with Crippen LogP contribution in [0.3, 0.4) is 0 Å². The number of carbonyl (C=O) groups excluding carboxylic acids is 2. The summed E-state index contributed by atoms with van der Waals surface area (Å²) >= 11 is 0. The van der Waals surface area contributed by atoms with Crippen molar-refractivity contribution in [1.29, 1.82) is 0 Å². The molecule has 1 saturated carbocycles. The molecule has 1 aliphatic heterocycles. The zero-order chi connectivity index (χ0) is 32.5. The van der Waals surface area contributed by atoms with Gasteiger partial charge in [-0.25, -0.2) is 9.48 Å². The SMILES string of the molecule is CCOC(=O)c1cnn(-c2cccc(-c3cccc4c3C(Nc3ccc(C5CCN(C(=O)C6CC6)CC5)c(CC)c3)CC4)c2)c1OC. The lowest BCUT2D eigenvalue weighted by Gasteiger charge is -2.33. The predicted molar refractivity (Wildman–Crippen MR) is 183 cm³/mol. The van der Waals surface area contributed by atoms with E-state index in [1.54, 1.807) is 11.6 Å². The largest absolute Gasteiger partial charge is 0.480 e. The van der Waals surface area contributed by atoms with Crippen LogP contribution in [0.1, 0.15) is 90.5 Å². The van der Waals surface area contributed by atoms with Gasteiger partial charge in [0, 0.05) is 24.7 Å². The number of anilines is 1. The van der Waals surface area contributed by atoms with Gasteiger partial charge in [0.2, 0.25) is 11.8 Å². The number of amides is 1. The summed E-state index contributed by atoms with van der Waals surface area (Å²) in [6, 6.07) is 21.9. The van der Waals surface area contributed by atoms with E-state index in [-0.39, 0.29) is 12.6 Å². The minimum absolute atomic E-state index is 0.187. The first kappa shape index (κ1) is 31.0. The molecule has 1 unspecified atom stereocenters. The van der Waals surface area contributed by atoms with E-state index in [9.17, 15) is 9.59 Å². The maximum absolute atomic E-state index is 12.6. The number of piperidine rings is 1. The fourth-order valence-corrected chi connectivity index (χ4v) is 7.55. The average Bonchev–Trinajstić information content (AvgIpc) is 3.74. The molecule has 1 amide bonds. The van der Waals surface area contributed by atoms with Gasteiger partial charge in [-0.2, -0.15) is 5.10 Å². The van der Waals surface area contributed by atoms with E-state index < -0.39 is 5.97 Å². The summed E-state index contributed by atoms with van der Waals surface area (Å²) in [4.78, 5) is 27.2. The fraction of sp³-hybridized carbons (Fsp3) is 0.410. The van der Waals surface area contributed by atoms with E-state index in [0.717, 1.165) is 75.0 Å². The van der Waals surface area contributed by atoms with Crippen LogP contribution < -0.4 is 10.1 Å². The van der Waals surface area contributed by atoms with Gasteiger partial charge in [-0.1, -0.05) is 43.3 Å². The second-order valence-corrected chi connectivity index (χ2v) is 13.0. The first-order valence-corrected chi connectivity index (χ1v) is 17.2. The first-order chi connectivity index (χ1) is 23.0. The van der Waals surface area contributed by atoms with Crippen molar-refractivity contribution >= 4 is 17.6 Å². The number of benzene rings is 3. The Morgan fingerprint density at radius 1 is 0.957 bits per heavy atom. The van der Waals surface area contributed by atoms with Crippen molar-refractivity contribution in [2.45, 2.75) is 70.8 Å². The third-order valence-corrected chi connectivity index (χ3v) is 10.1. The minimum Gasteiger partial charge on any atom is -0.480 e. The Morgan fingerprint density at radius 2 is 1.77 bits per heavy atom. The molecule has 244 valence electrons. The second kappa shape index (κ2) is 13.3. The van der Waals surface area contributed by atoms with Gasteiger partial charge in [-0.3, -0.25) is 4.79 Å². The highest BCUT2D eigenvalue weighted by Gasteiger charge is 2.35. The maximum atomic E-state index is 12.6. The molecule has 2 heterocycles. The van der Waals surface area contributed by atoms with Crippen LogP contribution in [-0.4, -0.2) is 53.4 Å². The molecule has 3 aliphatic rings. The van der Waals surface area contributed by atoms with Crippen molar-refractivity contribution < 1.29 is 19.1 Å². The molecule has 47 heavy (non-hydrogen) atoms. The number of nitrogens with one attached hydrogen (secondary N) is 1. The molecule has 1 atom stereocenters. The van der Waals surface area contributed by atoms with Crippen LogP contribution in [0.15, 0.2) is 66.9 Å². The van der Waals surface area contributed by atoms with Crippen LogP contribution in [0, 0.1) is 5.92 Å². The van der Waals surface area contributed by atoms with E-state index >= 15 is 0 Å². The Kier molecular flexibility index (Phi) is 8.76.